The number of hydrogen-bond acceptors (Lipinski definition) is 6. The molecule has 0 aliphatic heterocycles. The lowest BCUT2D eigenvalue weighted by atomic mass is 9.99. The normalized spacial score (nSPS) is 11.6. The summed E-state index contributed by atoms with van der Waals surface area (Å²) < 4.78 is 15.8. The van der Waals surface area contributed by atoms with Crippen LogP contribution in [0, 0.1) is 0 Å². The number of ether oxygens (including phenoxy) is 3. The van der Waals surface area contributed by atoms with Gasteiger partial charge in [0.15, 0.2) is 17.3 Å². The van der Waals surface area contributed by atoms with Crippen LogP contribution in [0.25, 0.3) is 0 Å². The summed E-state index contributed by atoms with van der Waals surface area (Å²) in [6.45, 7) is 0. The van der Waals surface area contributed by atoms with Crippen molar-refractivity contribution in [3.8, 4) is 17.2 Å². The first kappa shape index (κ1) is 18.6. The average molecular weight is 345 g/mol. The first-order valence-corrected chi connectivity index (χ1v) is 7.72. The van der Waals surface area contributed by atoms with Gasteiger partial charge in [-0.3, -0.25) is 4.79 Å². The molecule has 0 spiro atoms. The van der Waals surface area contributed by atoms with Gasteiger partial charge in [-0.15, -0.1) is 0 Å². The van der Waals surface area contributed by atoms with E-state index < -0.39 is 11.9 Å². The van der Waals surface area contributed by atoms with Crippen molar-refractivity contribution in [3.63, 3.8) is 0 Å². The maximum atomic E-state index is 12.6. The minimum absolute atomic E-state index is 0.371. The van der Waals surface area contributed by atoms with Gasteiger partial charge in [-0.1, -0.05) is 0 Å². The molecular formula is C19H23NO5. The van der Waals surface area contributed by atoms with Crippen molar-refractivity contribution >= 4 is 11.5 Å². The Hall–Kier alpha value is -2.73. The summed E-state index contributed by atoms with van der Waals surface area (Å²) in [6, 6.07) is 10.2. The Morgan fingerprint density at radius 2 is 1.48 bits per heavy atom. The molecule has 6 nitrogen and oxygen atoms in total. The number of ketones is 1. The number of aliphatic hydroxyl groups excluding tert-OH is 1. The molecule has 0 saturated heterocycles. The molecule has 134 valence electrons. The maximum absolute atomic E-state index is 12.6. The molecule has 25 heavy (non-hydrogen) atoms. The standard InChI is InChI=1S/C19H23NO5/c1-20(2)14-8-6-12(7-9-14)17(21)18(22)13-10-15(23-3)19(25-5)16(11-13)24-4/h6-11,18,22H,1-5H3/t18-/m0/s1. The lowest BCUT2D eigenvalue weighted by Gasteiger charge is -2.17. The fourth-order valence-electron chi connectivity index (χ4n) is 2.49. The monoisotopic (exact) mass is 345 g/mol. The van der Waals surface area contributed by atoms with Crippen molar-refractivity contribution in [2.24, 2.45) is 0 Å². The quantitative estimate of drug-likeness (QED) is 0.778. The zero-order valence-electron chi connectivity index (χ0n) is 15.1. The number of rotatable bonds is 7. The Morgan fingerprint density at radius 3 is 1.88 bits per heavy atom. The predicted molar refractivity (Wildman–Crippen MR) is 96.2 cm³/mol. The first-order chi connectivity index (χ1) is 11.9. The van der Waals surface area contributed by atoms with Crippen LogP contribution in [0.5, 0.6) is 17.2 Å². The van der Waals surface area contributed by atoms with E-state index in [9.17, 15) is 9.90 Å². The van der Waals surface area contributed by atoms with Gasteiger partial charge in [-0.2, -0.15) is 0 Å². The van der Waals surface area contributed by atoms with Gasteiger partial charge >= 0.3 is 0 Å². The highest BCUT2D eigenvalue weighted by molar-refractivity contribution is 6.00. The second kappa shape index (κ2) is 7.90. The molecule has 0 heterocycles. The summed E-state index contributed by atoms with van der Waals surface area (Å²) in [6.07, 6.45) is -1.33. The molecule has 0 fully saturated rings. The van der Waals surface area contributed by atoms with Crippen molar-refractivity contribution in [1.82, 2.24) is 0 Å². The van der Waals surface area contributed by atoms with Gasteiger partial charge in [0.05, 0.1) is 21.3 Å². The van der Waals surface area contributed by atoms with E-state index in [-0.39, 0.29) is 0 Å². The molecule has 1 atom stereocenters. The van der Waals surface area contributed by atoms with Crippen LogP contribution in [0.1, 0.15) is 22.0 Å². The molecule has 2 rings (SSSR count). The highest BCUT2D eigenvalue weighted by Gasteiger charge is 2.23. The Bertz CT molecular complexity index is 715. The van der Waals surface area contributed by atoms with E-state index >= 15 is 0 Å². The lowest BCUT2D eigenvalue weighted by Crippen LogP contribution is -2.14. The molecule has 2 aromatic carbocycles. The largest absolute Gasteiger partial charge is 0.493 e. The number of Topliss-reactive ketones (excluding diaryl/α,β-unsaturated/α-hetero) is 1. The smallest absolute Gasteiger partial charge is 0.203 e. The Balaban J connectivity index is 2.35. The third-order valence-electron chi connectivity index (χ3n) is 3.92. The van der Waals surface area contributed by atoms with Crippen LogP contribution in [0.4, 0.5) is 5.69 Å². The third kappa shape index (κ3) is 3.85. The molecule has 0 bridgehead atoms. The number of hydrogen-bond donors (Lipinski definition) is 1. The summed E-state index contributed by atoms with van der Waals surface area (Å²) in [5.41, 5.74) is 1.77. The second-order valence-electron chi connectivity index (χ2n) is 5.67. The van der Waals surface area contributed by atoms with Crippen LogP contribution in [0.15, 0.2) is 36.4 Å². The van der Waals surface area contributed by atoms with E-state index in [2.05, 4.69) is 0 Å². The number of aliphatic hydroxyl groups is 1. The maximum Gasteiger partial charge on any atom is 0.203 e. The number of anilines is 1. The molecule has 0 radical (unpaired) electrons. The Kier molecular flexibility index (Phi) is 5.88. The van der Waals surface area contributed by atoms with Crippen LogP contribution in [-0.2, 0) is 0 Å². The average Bonchev–Trinajstić information content (AvgIpc) is 2.65. The van der Waals surface area contributed by atoms with Crippen LogP contribution in [0.3, 0.4) is 0 Å². The topological polar surface area (TPSA) is 68.2 Å². The zero-order valence-corrected chi connectivity index (χ0v) is 15.1. The lowest BCUT2D eigenvalue weighted by molar-refractivity contribution is 0.0746. The number of carbonyl (C=O) groups is 1. The van der Waals surface area contributed by atoms with E-state index in [1.165, 1.54) is 21.3 Å². The van der Waals surface area contributed by atoms with Gasteiger partial charge in [0, 0.05) is 25.3 Å². The number of nitrogens with zero attached hydrogens (tertiary/aromatic N) is 1. The highest BCUT2D eigenvalue weighted by Crippen LogP contribution is 2.40. The van der Waals surface area contributed by atoms with Crippen molar-refractivity contribution in [2.75, 3.05) is 40.3 Å². The van der Waals surface area contributed by atoms with Gasteiger partial charge in [-0.25, -0.2) is 0 Å². The molecule has 0 aromatic heterocycles. The van der Waals surface area contributed by atoms with Crippen molar-refractivity contribution in [1.29, 1.82) is 0 Å². The molecule has 6 heteroatoms. The summed E-state index contributed by atoms with van der Waals surface area (Å²) >= 11 is 0. The van der Waals surface area contributed by atoms with Gasteiger partial charge in [-0.05, 0) is 42.0 Å². The second-order valence-corrected chi connectivity index (χ2v) is 5.67. The van der Waals surface area contributed by atoms with E-state index in [0.717, 1.165) is 5.69 Å². The number of carbonyl (C=O) groups excluding carboxylic acids is 1. The molecule has 0 aliphatic rings. The number of benzene rings is 2. The van der Waals surface area contributed by atoms with E-state index in [4.69, 9.17) is 14.2 Å². The molecule has 0 amide bonds. The van der Waals surface area contributed by atoms with Crippen LogP contribution >= 0.6 is 0 Å². The summed E-state index contributed by atoms with van der Waals surface area (Å²) in [4.78, 5) is 14.5. The van der Waals surface area contributed by atoms with E-state index in [1.54, 1.807) is 24.3 Å². The Morgan fingerprint density at radius 1 is 0.960 bits per heavy atom. The van der Waals surface area contributed by atoms with Gasteiger partial charge in [0.1, 0.15) is 6.10 Å². The van der Waals surface area contributed by atoms with Gasteiger partial charge in [0.25, 0.3) is 0 Å². The fraction of sp³-hybridized carbons (Fsp3) is 0.316. The van der Waals surface area contributed by atoms with Crippen molar-refractivity contribution in [2.45, 2.75) is 6.10 Å². The zero-order chi connectivity index (χ0) is 18.6. The van der Waals surface area contributed by atoms with Crippen LogP contribution in [0.2, 0.25) is 0 Å². The summed E-state index contributed by atoms with van der Waals surface area (Å²) in [5.74, 6) is 0.765. The molecule has 1 N–H and O–H groups in total. The third-order valence-corrected chi connectivity index (χ3v) is 3.92. The summed E-state index contributed by atoms with van der Waals surface area (Å²) in [7, 11) is 8.29. The molecule has 0 unspecified atom stereocenters. The Labute approximate surface area is 147 Å². The van der Waals surface area contributed by atoms with Gasteiger partial charge < -0.3 is 24.2 Å². The number of methoxy groups -OCH3 is 3. The van der Waals surface area contributed by atoms with Crippen LogP contribution in [-0.4, -0.2) is 46.3 Å². The summed E-state index contributed by atoms with van der Waals surface area (Å²) in [5, 5.41) is 10.5. The van der Waals surface area contributed by atoms with Gasteiger partial charge in [0.2, 0.25) is 5.75 Å². The molecule has 0 aliphatic carbocycles. The predicted octanol–water partition coefficient (Wildman–Crippen LogP) is 2.69. The van der Waals surface area contributed by atoms with Crippen LogP contribution < -0.4 is 19.1 Å². The van der Waals surface area contributed by atoms with E-state index in [1.807, 2.05) is 31.1 Å². The minimum Gasteiger partial charge on any atom is -0.493 e. The van der Waals surface area contributed by atoms with E-state index in [0.29, 0.717) is 28.4 Å². The molecule has 0 saturated carbocycles. The fourth-order valence-corrected chi connectivity index (χ4v) is 2.49. The SMILES string of the molecule is COc1cc([C@H](O)C(=O)c2ccc(N(C)C)cc2)cc(OC)c1OC. The molecule has 2 aromatic rings. The first-order valence-electron chi connectivity index (χ1n) is 7.72. The van der Waals surface area contributed by atoms with Crippen molar-refractivity contribution < 1.29 is 24.1 Å². The molecular weight excluding hydrogens is 322 g/mol. The highest BCUT2D eigenvalue weighted by atomic mass is 16.5. The minimum atomic E-state index is -1.33. The van der Waals surface area contributed by atoms with Crippen molar-refractivity contribution in [3.05, 3.63) is 47.5 Å².